The Balaban J connectivity index is 2.42. The summed E-state index contributed by atoms with van der Waals surface area (Å²) in [5.41, 5.74) is 2.97. The van der Waals surface area contributed by atoms with Gasteiger partial charge in [-0.15, -0.1) is 0 Å². The molecule has 1 saturated heterocycles. The Hall–Kier alpha value is -1.16. The van der Waals surface area contributed by atoms with E-state index in [1.165, 1.54) is 0 Å². The van der Waals surface area contributed by atoms with E-state index >= 15 is 0 Å². The normalized spacial score (nSPS) is 20.1. The molecule has 1 heterocycles. The fraction of sp³-hybridized carbons (Fsp3) is 0.333. The van der Waals surface area contributed by atoms with Crippen molar-refractivity contribution in [3.63, 3.8) is 0 Å². The van der Waals surface area contributed by atoms with Crippen LogP contribution in [0.25, 0.3) is 0 Å². The van der Waals surface area contributed by atoms with Gasteiger partial charge in [-0.2, -0.15) is 0 Å². The van der Waals surface area contributed by atoms with Gasteiger partial charge in [0.2, 0.25) is 0 Å². The molecule has 1 aromatic rings. The standard InChI is InChI=1S/C12H11BrO3/c1-6-3-8(4-7(2)11(6)13)9-5-10(14)16-12(9)15/h3-4,9H,5H2,1-2H3. The van der Waals surface area contributed by atoms with Gasteiger partial charge in [0.15, 0.2) is 0 Å². The fourth-order valence-electron chi connectivity index (χ4n) is 1.91. The molecule has 16 heavy (non-hydrogen) atoms. The number of aryl methyl sites for hydroxylation is 2. The van der Waals surface area contributed by atoms with Gasteiger partial charge in [-0.3, -0.25) is 9.59 Å². The number of halogens is 1. The van der Waals surface area contributed by atoms with Gasteiger partial charge in [-0.05, 0) is 30.5 Å². The van der Waals surface area contributed by atoms with Crippen LogP contribution in [0.4, 0.5) is 0 Å². The molecule has 0 aliphatic carbocycles. The molecule has 3 nitrogen and oxygen atoms in total. The third kappa shape index (κ3) is 1.89. The summed E-state index contributed by atoms with van der Waals surface area (Å²) in [7, 11) is 0. The number of esters is 2. The van der Waals surface area contributed by atoms with Crippen LogP contribution in [-0.4, -0.2) is 11.9 Å². The van der Waals surface area contributed by atoms with Gasteiger partial charge in [-0.25, -0.2) is 0 Å². The van der Waals surface area contributed by atoms with Gasteiger partial charge in [-0.1, -0.05) is 28.1 Å². The lowest BCUT2D eigenvalue weighted by Gasteiger charge is -2.10. The average molecular weight is 283 g/mol. The molecule has 2 rings (SSSR count). The molecule has 1 aromatic carbocycles. The highest BCUT2D eigenvalue weighted by Crippen LogP contribution is 2.31. The summed E-state index contributed by atoms with van der Waals surface area (Å²) in [5, 5.41) is 0. The van der Waals surface area contributed by atoms with Crippen LogP contribution in [0.3, 0.4) is 0 Å². The maximum atomic E-state index is 11.4. The van der Waals surface area contributed by atoms with Gasteiger partial charge in [0, 0.05) is 4.47 Å². The average Bonchev–Trinajstić information content (AvgIpc) is 2.53. The van der Waals surface area contributed by atoms with E-state index in [1.54, 1.807) is 0 Å². The first-order chi connectivity index (χ1) is 7.49. The maximum Gasteiger partial charge on any atom is 0.321 e. The summed E-state index contributed by atoms with van der Waals surface area (Å²) >= 11 is 3.47. The van der Waals surface area contributed by atoms with Gasteiger partial charge < -0.3 is 4.74 Å². The molecule has 1 atom stereocenters. The third-order valence-corrected chi connectivity index (χ3v) is 3.98. The van der Waals surface area contributed by atoms with Crippen molar-refractivity contribution in [3.05, 3.63) is 33.3 Å². The first-order valence-electron chi connectivity index (χ1n) is 5.00. The van der Waals surface area contributed by atoms with Crippen LogP contribution in [0.5, 0.6) is 0 Å². The SMILES string of the molecule is Cc1cc(C2CC(=O)OC2=O)cc(C)c1Br. The quantitative estimate of drug-likeness (QED) is 0.588. The summed E-state index contributed by atoms with van der Waals surface area (Å²) in [6.07, 6.45) is 0.152. The van der Waals surface area contributed by atoms with Crippen molar-refractivity contribution in [1.29, 1.82) is 0 Å². The zero-order valence-electron chi connectivity index (χ0n) is 9.04. The fourth-order valence-corrected chi connectivity index (χ4v) is 2.14. The van der Waals surface area contributed by atoms with Crippen LogP contribution in [0.15, 0.2) is 16.6 Å². The number of ether oxygens (including phenoxy) is 1. The highest BCUT2D eigenvalue weighted by Gasteiger charge is 2.34. The maximum absolute atomic E-state index is 11.4. The van der Waals surface area contributed by atoms with E-state index in [-0.39, 0.29) is 6.42 Å². The largest absolute Gasteiger partial charge is 0.393 e. The molecule has 0 saturated carbocycles. The third-order valence-electron chi connectivity index (χ3n) is 2.73. The van der Waals surface area contributed by atoms with Crippen LogP contribution in [0.1, 0.15) is 29.0 Å². The van der Waals surface area contributed by atoms with Crippen molar-refractivity contribution in [3.8, 4) is 0 Å². The summed E-state index contributed by atoms with van der Waals surface area (Å²) in [4.78, 5) is 22.5. The molecular weight excluding hydrogens is 272 g/mol. The van der Waals surface area contributed by atoms with Gasteiger partial charge >= 0.3 is 11.9 Å². The van der Waals surface area contributed by atoms with E-state index in [2.05, 4.69) is 20.7 Å². The van der Waals surface area contributed by atoms with Crippen molar-refractivity contribution in [2.75, 3.05) is 0 Å². The second-order valence-corrected chi connectivity index (χ2v) is 4.81. The number of benzene rings is 1. The number of hydrogen-bond acceptors (Lipinski definition) is 3. The molecule has 0 amide bonds. The number of carbonyl (C=O) groups excluding carboxylic acids is 2. The van der Waals surface area contributed by atoms with Gasteiger partial charge in [0.05, 0.1) is 12.3 Å². The topological polar surface area (TPSA) is 43.4 Å². The number of cyclic esters (lactones) is 2. The number of hydrogen-bond donors (Lipinski definition) is 0. The first kappa shape index (κ1) is 11.3. The Morgan fingerprint density at radius 1 is 1.25 bits per heavy atom. The Morgan fingerprint density at radius 3 is 2.25 bits per heavy atom. The van der Waals surface area contributed by atoms with E-state index in [0.717, 1.165) is 21.2 Å². The summed E-state index contributed by atoms with van der Waals surface area (Å²) < 4.78 is 5.58. The van der Waals surface area contributed by atoms with Crippen LogP contribution in [0.2, 0.25) is 0 Å². The summed E-state index contributed by atoms with van der Waals surface area (Å²) in [6, 6.07) is 3.84. The van der Waals surface area contributed by atoms with Crippen molar-refractivity contribution < 1.29 is 14.3 Å². The van der Waals surface area contributed by atoms with Crippen molar-refractivity contribution in [2.45, 2.75) is 26.2 Å². The summed E-state index contributed by atoms with van der Waals surface area (Å²) in [6.45, 7) is 3.92. The molecular formula is C12H11BrO3. The zero-order chi connectivity index (χ0) is 11.9. The lowest BCUT2D eigenvalue weighted by atomic mass is 9.94. The van der Waals surface area contributed by atoms with Gasteiger partial charge in [0.25, 0.3) is 0 Å². The molecule has 0 bridgehead atoms. The summed E-state index contributed by atoms with van der Waals surface area (Å²) in [5.74, 6) is -1.31. The predicted octanol–water partition coefficient (Wildman–Crippen LogP) is 2.62. The molecule has 0 radical (unpaired) electrons. The van der Waals surface area contributed by atoms with E-state index in [4.69, 9.17) is 0 Å². The highest BCUT2D eigenvalue weighted by atomic mass is 79.9. The molecule has 1 aliphatic rings. The Labute approximate surface area is 102 Å². The molecule has 1 aliphatic heterocycles. The number of rotatable bonds is 1. The molecule has 4 heteroatoms. The minimum Gasteiger partial charge on any atom is -0.393 e. The van der Waals surface area contributed by atoms with Crippen molar-refractivity contribution in [2.24, 2.45) is 0 Å². The lowest BCUT2D eigenvalue weighted by molar-refractivity contribution is -0.152. The zero-order valence-corrected chi connectivity index (χ0v) is 10.6. The van der Waals surface area contributed by atoms with Crippen LogP contribution >= 0.6 is 15.9 Å². The van der Waals surface area contributed by atoms with Gasteiger partial charge in [0.1, 0.15) is 0 Å². The first-order valence-corrected chi connectivity index (χ1v) is 5.79. The van der Waals surface area contributed by atoms with E-state index in [0.29, 0.717) is 0 Å². The molecule has 84 valence electrons. The predicted molar refractivity (Wildman–Crippen MR) is 62.1 cm³/mol. The van der Waals surface area contributed by atoms with Crippen LogP contribution in [0, 0.1) is 13.8 Å². The second kappa shape index (κ2) is 4.01. The van der Waals surface area contributed by atoms with E-state index in [9.17, 15) is 9.59 Å². The molecule has 1 unspecified atom stereocenters. The highest BCUT2D eigenvalue weighted by molar-refractivity contribution is 9.10. The van der Waals surface area contributed by atoms with Crippen LogP contribution in [-0.2, 0) is 14.3 Å². The Kier molecular flexibility index (Phi) is 2.84. The molecule has 0 N–H and O–H groups in total. The monoisotopic (exact) mass is 282 g/mol. The van der Waals surface area contributed by atoms with Crippen molar-refractivity contribution >= 4 is 27.9 Å². The van der Waals surface area contributed by atoms with E-state index in [1.807, 2.05) is 26.0 Å². The van der Waals surface area contributed by atoms with Crippen LogP contribution < -0.4 is 0 Å². The minimum atomic E-state index is -0.439. The smallest absolute Gasteiger partial charge is 0.321 e. The lowest BCUT2D eigenvalue weighted by Crippen LogP contribution is -2.06. The molecule has 1 fully saturated rings. The second-order valence-electron chi connectivity index (χ2n) is 4.02. The van der Waals surface area contributed by atoms with Crippen molar-refractivity contribution in [1.82, 2.24) is 0 Å². The Bertz CT molecular complexity index is 456. The molecule has 0 spiro atoms. The number of carbonyl (C=O) groups is 2. The molecule has 0 aromatic heterocycles. The van der Waals surface area contributed by atoms with E-state index < -0.39 is 17.9 Å². The Morgan fingerprint density at radius 2 is 1.81 bits per heavy atom. The minimum absolute atomic E-state index is 0.152.